The topological polar surface area (TPSA) is 53.8 Å². The van der Waals surface area contributed by atoms with Gasteiger partial charge in [0.25, 0.3) is 0 Å². The Balaban J connectivity index is 2.78. The number of benzene rings is 1. The average Bonchev–Trinajstić information content (AvgIpc) is 2.34. The van der Waals surface area contributed by atoms with Crippen LogP contribution in [0.4, 0.5) is 0 Å². The van der Waals surface area contributed by atoms with Crippen LogP contribution in [0, 0.1) is 0 Å². The molecule has 2 N–H and O–H groups in total. The molecule has 4 nitrogen and oxygen atoms in total. The van der Waals surface area contributed by atoms with Crippen LogP contribution < -0.4 is 10.2 Å². The van der Waals surface area contributed by atoms with E-state index in [-0.39, 0.29) is 6.04 Å². The van der Waals surface area contributed by atoms with Crippen LogP contribution in [0.5, 0.6) is 5.75 Å². The second kappa shape index (κ2) is 6.91. The van der Waals surface area contributed by atoms with Gasteiger partial charge in [-0.3, -0.25) is 15.7 Å². The molecule has 0 aliphatic heterocycles. The number of hydrogen-bond acceptors (Lipinski definition) is 3. The molecule has 0 aliphatic rings. The average molecular weight is 236 g/mol. The molecule has 0 bridgehead atoms. The van der Waals surface area contributed by atoms with E-state index in [2.05, 4.69) is 17.4 Å². The summed E-state index contributed by atoms with van der Waals surface area (Å²) >= 11 is 0. The Morgan fingerprint density at radius 1 is 1.35 bits per heavy atom. The van der Waals surface area contributed by atoms with Crippen molar-refractivity contribution in [3.8, 4) is 5.75 Å². The first kappa shape index (κ1) is 13.5. The lowest BCUT2D eigenvalue weighted by Crippen LogP contribution is -2.21. The van der Waals surface area contributed by atoms with Crippen molar-refractivity contribution in [2.75, 3.05) is 6.61 Å². The van der Waals surface area contributed by atoms with E-state index in [9.17, 15) is 0 Å². The molecule has 0 fully saturated rings. The van der Waals surface area contributed by atoms with Gasteiger partial charge in [0.05, 0.1) is 6.61 Å². The highest BCUT2D eigenvalue weighted by Gasteiger charge is 2.03. The Morgan fingerprint density at radius 3 is 2.47 bits per heavy atom. The van der Waals surface area contributed by atoms with Gasteiger partial charge in [0.15, 0.2) is 5.84 Å². The maximum atomic E-state index is 9.03. The largest absolute Gasteiger partial charge is 0.494 e. The van der Waals surface area contributed by atoms with Crippen LogP contribution in [0.3, 0.4) is 0 Å². The molecule has 0 saturated carbocycles. The third-order valence-electron chi connectivity index (χ3n) is 2.09. The fourth-order valence-electron chi connectivity index (χ4n) is 1.36. The van der Waals surface area contributed by atoms with Gasteiger partial charge in [0.1, 0.15) is 5.75 Å². The normalized spacial score (nSPS) is 11.7. The summed E-state index contributed by atoms with van der Waals surface area (Å²) in [6.07, 6.45) is 0.986. The third kappa shape index (κ3) is 4.44. The molecular weight excluding hydrogens is 216 g/mol. The monoisotopic (exact) mass is 236 g/mol. The van der Waals surface area contributed by atoms with Crippen LogP contribution >= 0.6 is 0 Å². The quantitative estimate of drug-likeness (QED) is 0.469. The molecule has 0 radical (unpaired) electrons. The van der Waals surface area contributed by atoms with Gasteiger partial charge in [-0.25, -0.2) is 0 Å². The Morgan fingerprint density at radius 2 is 2.00 bits per heavy atom. The number of hydroxylamine groups is 1. The van der Waals surface area contributed by atoms with Crippen molar-refractivity contribution in [1.82, 2.24) is 5.48 Å². The first-order chi connectivity index (χ1) is 8.17. The summed E-state index contributed by atoms with van der Waals surface area (Å²) in [5.41, 5.74) is 2.96. The van der Waals surface area contributed by atoms with Gasteiger partial charge in [-0.15, -0.1) is 0 Å². The maximum Gasteiger partial charge on any atom is 0.152 e. The highest BCUT2D eigenvalue weighted by molar-refractivity contribution is 5.98. The first-order valence-electron chi connectivity index (χ1n) is 5.88. The minimum Gasteiger partial charge on any atom is -0.494 e. The summed E-state index contributed by atoms with van der Waals surface area (Å²) in [6, 6.07) is 7.61. The Kier molecular flexibility index (Phi) is 5.49. The van der Waals surface area contributed by atoms with Gasteiger partial charge in [-0.1, -0.05) is 6.92 Å². The second-order valence-corrected chi connectivity index (χ2v) is 4.06. The van der Waals surface area contributed by atoms with Crippen molar-refractivity contribution < 1.29 is 9.94 Å². The second-order valence-electron chi connectivity index (χ2n) is 4.06. The lowest BCUT2D eigenvalue weighted by Gasteiger charge is -2.08. The fourth-order valence-corrected chi connectivity index (χ4v) is 1.36. The molecule has 0 aliphatic carbocycles. The number of nitrogens with one attached hydrogen (secondary N) is 1. The van der Waals surface area contributed by atoms with E-state index in [1.807, 2.05) is 38.1 Å². The lowest BCUT2D eigenvalue weighted by atomic mass is 10.2. The predicted octanol–water partition coefficient (Wildman–Crippen LogP) is 2.61. The number of nitrogens with zero attached hydrogens (tertiary/aromatic N) is 1. The van der Waals surface area contributed by atoms with Crippen LogP contribution in [0.1, 0.15) is 32.8 Å². The standard InChI is InChI=1S/C13H20N2O2/c1-4-9-17-12-7-5-11(6-8-12)13(15-16)14-10(2)3/h5-8,10,16H,4,9H2,1-3H3,(H,14,15). The zero-order valence-electron chi connectivity index (χ0n) is 10.6. The van der Waals surface area contributed by atoms with Crippen LogP contribution in [0.25, 0.3) is 0 Å². The highest BCUT2D eigenvalue weighted by Crippen LogP contribution is 2.13. The molecule has 0 spiro atoms. The lowest BCUT2D eigenvalue weighted by molar-refractivity contribution is 0.234. The minimum atomic E-state index is 0.126. The molecule has 1 rings (SSSR count). The molecule has 4 heteroatoms. The maximum absolute atomic E-state index is 9.03. The Labute approximate surface area is 102 Å². The van der Waals surface area contributed by atoms with Gasteiger partial charge < -0.3 is 4.74 Å². The molecule has 94 valence electrons. The van der Waals surface area contributed by atoms with E-state index in [1.54, 1.807) is 0 Å². The van der Waals surface area contributed by atoms with Crippen LogP contribution in [-0.4, -0.2) is 23.7 Å². The zero-order chi connectivity index (χ0) is 12.7. The summed E-state index contributed by atoms with van der Waals surface area (Å²) in [4.78, 5) is 4.27. The van der Waals surface area contributed by atoms with Crippen molar-refractivity contribution >= 4 is 5.84 Å². The van der Waals surface area contributed by atoms with Crippen molar-refractivity contribution in [3.05, 3.63) is 29.8 Å². The predicted molar refractivity (Wildman–Crippen MR) is 68.8 cm³/mol. The fraction of sp³-hybridized carbons (Fsp3) is 0.462. The summed E-state index contributed by atoms with van der Waals surface area (Å²) < 4.78 is 5.48. The summed E-state index contributed by atoms with van der Waals surface area (Å²) in [7, 11) is 0. The van der Waals surface area contributed by atoms with Crippen LogP contribution in [-0.2, 0) is 0 Å². The van der Waals surface area contributed by atoms with Gasteiger partial charge in [0.2, 0.25) is 0 Å². The smallest absolute Gasteiger partial charge is 0.152 e. The molecule has 1 aromatic carbocycles. The molecule has 0 heterocycles. The summed E-state index contributed by atoms with van der Waals surface area (Å²) in [5.74, 6) is 1.31. The highest BCUT2D eigenvalue weighted by atomic mass is 16.5. The molecule has 0 amide bonds. The Bertz CT molecular complexity index is 358. The van der Waals surface area contributed by atoms with E-state index < -0.39 is 0 Å². The molecule has 0 atom stereocenters. The number of hydrogen-bond donors (Lipinski definition) is 2. The van der Waals surface area contributed by atoms with Crippen molar-refractivity contribution in [1.29, 1.82) is 0 Å². The zero-order valence-corrected chi connectivity index (χ0v) is 10.6. The molecule has 17 heavy (non-hydrogen) atoms. The number of rotatable bonds is 5. The number of amidine groups is 1. The molecule has 0 unspecified atom stereocenters. The third-order valence-corrected chi connectivity index (χ3v) is 2.09. The summed E-state index contributed by atoms with van der Waals surface area (Å²) in [5, 5.41) is 9.03. The SMILES string of the molecule is CCCOc1ccc(C(=NC(C)C)NO)cc1. The molecule has 0 aromatic heterocycles. The number of ether oxygens (including phenoxy) is 1. The van der Waals surface area contributed by atoms with Crippen molar-refractivity contribution in [2.45, 2.75) is 33.2 Å². The van der Waals surface area contributed by atoms with Gasteiger partial charge in [0, 0.05) is 11.6 Å². The van der Waals surface area contributed by atoms with E-state index in [0.717, 1.165) is 17.7 Å². The van der Waals surface area contributed by atoms with Gasteiger partial charge in [-0.05, 0) is 44.5 Å². The first-order valence-corrected chi connectivity index (χ1v) is 5.88. The van der Waals surface area contributed by atoms with E-state index in [1.165, 1.54) is 0 Å². The molecule has 0 saturated heterocycles. The molecule has 1 aromatic rings. The number of aliphatic imine (C=N–C) groups is 1. The van der Waals surface area contributed by atoms with Gasteiger partial charge in [-0.2, -0.15) is 0 Å². The van der Waals surface area contributed by atoms with E-state index in [0.29, 0.717) is 12.4 Å². The van der Waals surface area contributed by atoms with Crippen molar-refractivity contribution in [2.24, 2.45) is 4.99 Å². The van der Waals surface area contributed by atoms with E-state index >= 15 is 0 Å². The van der Waals surface area contributed by atoms with Gasteiger partial charge >= 0.3 is 0 Å². The van der Waals surface area contributed by atoms with E-state index in [4.69, 9.17) is 9.94 Å². The Hall–Kier alpha value is -1.55. The van der Waals surface area contributed by atoms with Crippen molar-refractivity contribution in [3.63, 3.8) is 0 Å². The van der Waals surface area contributed by atoms with Crippen LogP contribution in [0.15, 0.2) is 29.3 Å². The summed E-state index contributed by atoms with van der Waals surface area (Å²) in [6.45, 7) is 6.69. The molecular formula is C13H20N2O2. The van der Waals surface area contributed by atoms with Crippen LogP contribution in [0.2, 0.25) is 0 Å². The minimum absolute atomic E-state index is 0.126.